The molecule has 26 heavy (non-hydrogen) atoms. The van der Waals surface area contributed by atoms with Gasteiger partial charge >= 0.3 is 0 Å². The number of nitrogens with one attached hydrogen (secondary N) is 1. The number of hydrogen-bond acceptors (Lipinski definition) is 3. The van der Waals surface area contributed by atoms with Crippen molar-refractivity contribution < 1.29 is 9.53 Å². The summed E-state index contributed by atoms with van der Waals surface area (Å²) in [4.78, 5) is 15.1. The van der Waals surface area contributed by atoms with Crippen molar-refractivity contribution in [3.8, 4) is 5.75 Å². The molecule has 0 spiro atoms. The number of anilines is 2. The molecule has 0 aliphatic carbocycles. The Bertz CT molecular complexity index is 736. The third-order valence-electron chi connectivity index (χ3n) is 4.85. The number of para-hydroxylation sites is 2. The predicted octanol–water partition coefficient (Wildman–Crippen LogP) is 4.96. The molecule has 138 valence electrons. The molecule has 0 radical (unpaired) electrons. The molecule has 1 aliphatic heterocycles. The van der Waals surface area contributed by atoms with Crippen LogP contribution in [0.2, 0.25) is 0 Å². The molecule has 0 unspecified atom stereocenters. The number of rotatable bonds is 6. The fourth-order valence-corrected chi connectivity index (χ4v) is 3.25. The first-order valence-corrected chi connectivity index (χ1v) is 9.55. The van der Waals surface area contributed by atoms with Gasteiger partial charge in [0.1, 0.15) is 5.75 Å². The van der Waals surface area contributed by atoms with Crippen LogP contribution < -0.4 is 15.0 Å². The van der Waals surface area contributed by atoms with Gasteiger partial charge in [-0.3, -0.25) is 4.79 Å². The summed E-state index contributed by atoms with van der Waals surface area (Å²) >= 11 is 0. The zero-order valence-electron chi connectivity index (χ0n) is 15.7. The Kier molecular flexibility index (Phi) is 6.16. The first-order valence-electron chi connectivity index (χ1n) is 9.55. The number of carbonyl (C=O) groups is 1. The molecule has 0 aromatic heterocycles. The van der Waals surface area contributed by atoms with E-state index in [2.05, 4.69) is 30.1 Å². The normalized spacial score (nSPS) is 14.9. The monoisotopic (exact) mass is 352 g/mol. The van der Waals surface area contributed by atoms with Crippen LogP contribution in [0.25, 0.3) is 0 Å². The van der Waals surface area contributed by atoms with Crippen molar-refractivity contribution in [2.24, 2.45) is 5.92 Å². The maximum absolute atomic E-state index is 12.7. The topological polar surface area (TPSA) is 41.6 Å². The van der Waals surface area contributed by atoms with Crippen LogP contribution in [0.4, 0.5) is 11.4 Å². The number of hydrogen-bond donors (Lipinski definition) is 1. The Hall–Kier alpha value is -2.49. The highest BCUT2D eigenvalue weighted by atomic mass is 16.5. The highest BCUT2D eigenvalue weighted by Crippen LogP contribution is 2.30. The molecule has 0 bridgehead atoms. The summed E-state index contributed by atoms with van der Waals surface area (Å²) in [6, 6.07) is 15.4. The van der Waals surface area contributed by atoms with E-state index in [0.717, 1.165) is 42.6 Å². The number of benzene rings is 2. The molecule has 0 saturated carbocycles. The highest BCUT2D eigenvalue weighted by Gasteiger charge is 2.19. The van der Waals surface area contributed by atoms with Crippen LogP contribution in [0.1, 0.15) is 43.5 Å². The molecule has 4 nitrogen and oxygen atoms in total. The van der Waals surface area contributed by atoms with Crippen LogP contribution in [0.5, 0.6) is 5.75 Å². The second-order valence-corrected chi connectivity index (χ2v) is 7.02. The van der Waals surface area contributed by atoms with Crippen molar-refractivity contribution in [2.75, 3.05) is 29.9 Å². The van der Waals surface area contributed by atoms with Crippen LogP contribution in [0, 0.1) is 5.92 Å². The lowest BCUT2D eigenvalue weighted by Gasteiger charge is -2.33. The number of amides is 1. The van der Waals surface area contributed by atoms with Gasteiger partial charge in [-0.1, -0.05) is 32.0 Å². The van der Waals surface area contributed by atoms with Gasteiger partial charge in [-0.2, -0.15) is 0 Å². The Labute approximate surface area is 156 Å². The van der Waals surface area contributed by atoms with Gasteiger partial charge in [0.05, 0.1) is 18.0 Å². The van der Waals surface area contributed by atoms with E-state index in [0.29, 0.717) is 12.2 Å². The molecule has 1 saturated heterocycles. The summed E-state index contributed by atoms with van der Waals surface area (Å²) < 4.78 is 5.64. The smallest absolute Gasteiger partial charge is 0.255 e. The minimum atomic E-state index is -0.107. The second kappa shape index (κ2) is 8.75. The summed E-state index contributed by atoms with van der Waals surface area (Å²) in [5.74, 6) is 1.40. The van der Waals surface area contributed by atoms with Gasteiger partial charge in [-0.15, -0.1) is 0 Å². The van der Waals surface area contributed by atoms with E-state index >= 15 is 0 Å². The Morgan fingerprint density at radius 3 is 2.69 bits per heavy atom. The van der Waals surface area contributed by atoms with Crippen molar-refractivity contribution in [3.63, 3.8) is 0 Å². The first-order chi connectivity index (χ1) is 12.7. The Balaban J connectivity index is 1.74. The first kappa shape index (κ1) is 18.3. The maximum atomic E-state index is 12.7. The highest BCUT2D eigenvalue weighted by molar-refractivity contribution is 6.06. The molecule has 1 amide bonds. The van der Waals surface area contributed by atoms with Crippen molar-refractivity contribution in [1.29, 1.82) is 0 Å². The third kappa shape index (κ3) is 4.57. The molecule has 1 aliphatic rings. The van der Waals surface area contributed by atoms with Gasteiger partial charge < -0.3 is 15.0 Å². The number of nitrogens with zero attached hydrogens (tertiary/aromatic N) is 1. The van der Waals surface area contributed by atoms with Crippen LogP contribution >= 0.6 is 0 Å². The standard InChI is InChI=1S/C22H28N2O2/c1-3-15-26-19-8-6-7-18(16-19)22(25)23-20-9-4-5-10-21(20)24-13-11-17(2)12-14-24/h4-10,16-17H,3,11-15H2,1-2H3,(H,23,25). The van der Waals surface area contributed by atoms with Gasteiger partial charge in [0, 0.05) is 18.7 Å². The lowest BCUT2D eigenvalue weighted by atomic mass is 9.98. The van der Waals surface area contributed by atoms with Crippen molar-refractivity contribution >= 4 is 17.3 Å². The van der Waals surface area contributed by atoms with E-state index in [4.69, 9.17) is 4.74 Å². The van der Waals surface area contributed by atoms with Crippen molar-refractivity contribution in [2.45, 2.75) is 33.1 Å². The summed E-state index contributed by atoms with van der Waals surface area (Å²) in [5.41, 5.74) is 2.58. The van der Waals surface area contributed by atoms with E-state index < -0.39 is 0 Å². The van der Waals surface area contributed by atoms with Crippen molar-refractivity contribution in [3.05, 3.63) is 54.1 Å². The maximum Gasteiger partial charge on any atom is 0.255 e. The average Bonchev–Trinajstić information content (AvgIpc) is 2.68. The van der Waals surface area contributed by atoms with E-state index in [-0.39, 0.29) is 5.91 Å². The van der Waals surface area contributed by atoms with Crippen LogP contribution in [0.3, 0.4) is 0 Å². The van der Waals surface area contributed by atoms with Crippen LogP contribution in [-0.2, 0) is 0 Å². The molecule has 0 atom stereocenters. The number of carbonyl (C=O) groups excluding carboxylic acids is 1. The van der Waals surface area contributed by atoms with E-state index in [9.17, 15) is 4.79 Å². The SMILES string of the molecule is CCCOc1cccc(C(=O)Nc2ccccc2N2CCC(C)CC2)c1. The van der Waals surface area contributed by atoms with Crippen LogP contribution in [-0.4, -0.2) is 25.6 Å². The zero-order valence-corrected chi connectivity index (χ0v) is 15.7. The van der Waals surface area contributed by atoms with E-state index in [1.807, 2.05) is 36.4 Å². The lowest BCUT2D eigenvalue weighted by molar-refractivity contribution is 0.102. The fourth-order valence-electron chi connectivity index (χ4n) is 3.25. The summed E-state index contributed by atoms with van der Waals surface area (Å²) in [6.45, 7) is 7.09. The summed E-state index contributed by atoms with van der Waals surface area (Å²) in [7, 11) is 0. The molecule has 2 aromatic carbocycles. The molecule has 4 heteroatoms. The van der Waals surface area contributed by atoms with Crippen molar-refractivity contribution in [1.82, 2.24) is 0 Å². The van der Waals surface area contributed by atoms with Gasteiger partial charge in [-0.05, 0) is 55.5 Å². The molecule has 1 fully saturated rings. The lowest BCUT2D eigenvalue weighted by Crippen LogP contribution is -2.33. The minimum absolute atomic E-state index is 0.107. The number of ether oxygens (including phenoxy) is 1. The Morgan fingerprint density at radius 1 is 1.15 bits per heavy atom. The third-order valence-corrected chi connectivity index (χ3v) is 4.85. The van der Waals surface area contributed by atoms with E-state index in [1.165, 1.54) is 12.8 Å². The number of piperidine rings is 1. The molecular weight excluding hydrogens is 324 g/mol. The molecule has 1 N–H and O–H groups in total. The van der Waals surface area contributed by atoms with Gasteiger partial charge in [0.25, 0.3) is 5.91 Å². The van der Waals surface area contributed by atoms with Gasteiger partial charge in [0.15, 0.2) is 0 Å². The molecular formula is C22H28N2O2. The largest absolute Gasteiger partial charge is 0.494 e. The quantitative estimate of drug-likeness (QED) is 0.798. The minimum Gasteiger partial charge on any atom is -0.494 e. The zero-order chi connectivity index (χ0) is 18.4. The molecule has 2 aromatic rings. The van der Waals surface area contributed by atoms with E-state index in [1.54, 1.807) is 6.07 Å². The van der Waals surface area contributed by atoms with Crippen LogP contribution in [0.15, 0.2) is 48.5 Å². The molecule has 3 rings (SSSR count). The van der Waals surface area contributed by atoms with Gasteiger partial charge in [-0.25, -0.2) is 0 Å². The molecule has 1 heterocycles. The summed E-state index contributed by atoms with van der Waals surface area (Å²) in [5, 5.41) is 3.08. The Morgan fingerprint density at radius 2 is 1.92 bits per heavy atom. The average molecular weight is 352 g/mol. The summed E-state index contributed by atoms with van der Waals surface area (Å²) in [6.07, 6.45) is 3.33. The predicted molar refractivity (Wildman–Crippen MR) is 107 cm³/mol. The van der Waals surface area contributed by atoms with Gasteiger partial charge in [0.2, 0.25) is 0 Å². The second-order valence-electron chi connectivity index (χ2n) is 7.02. The fraction of sp³-hybridized carbons (Fsp3) is 0.409.